The van der Waals surface area contributed by atoms with Gasteiger partial charge in [0.25, 0.3) is 0 Å². The van der Waals surface area contributed by atoms with Gasteiger partial charge in [-0.15, -0.1) is 6.58 Å². The summed E-state index contributed by atoms with van der Waals surface area (Å²) in [4.78, 5) is 0. The molecule has 1 aliphatic carbocycles. The van der Waals surface area contributed by atoms with Crippen LogP contribution >= 0.6 is 0 Å². The van der Waals surface area contributed by atoms with Crippen LogP contribution in [-0.4, -0.2) is 6.04 Å². The molecular weight excluding hydrogens is 148 g/mol. The van der Waals surface area contributed by atoms with Crippen LogP contribution in [0.5, 0.6) is 0 Å². The van der Waals surface area contributed by atoms with Gasteiger partial charge in [0.05, 0.1) is 0 Å². The minimum atomic E-state index is 0.511. The van der Waals surface area contributed by atoms with E-state index in [0.29, 0.717) is 6.04 Å². The maximum Gasteiger partial charge on any atom is 0.0244 e. The summed E-state index contributed by atoms with van der Waals surface area (Å²) in [6.07, 6.45) is 3.57. The summed E-state index contributed by atoms with van der Waals surface area (Å²) >= 11 is 0. The zero-order chi connectivity index (χ0) is 9.14. The molecule has 1 aliphatic rings. The van der Waals surface area contributed by atoms with Crippen molar-refractivity contribution in [1.29, 1.82) is 0 Å². The van der Waals surface area contributed by atoms with Crippen LogP contribution in [0.4, 0.5) is 0 Å². The van der Waals surface area contributed by atoms with Crippen molar-refractivity contribution >= 4 is 0 Å². The minimum absolute atomic E-state index is 0.511. The second-order valence-electron chi connectivity index (χ2n) is 4.15. The fraction of sp³-hybridized carbons (Fsp3) is 0.800. The van der Waals surface area contributed by atoms with Crippen LogP contribution in [0.15, 0.2) is 12.2 Å². The third kappa shape index (κ3) is 2.61. The molecule has 1 rings (SSSR count). The number of nitrogens with two attached hydrogens (primary N) is 1. The Labute approximate surface area is 75.2 Å². The number of allylic oxidation sites excluding steroid dienone is 1. The molecule has 0 aromatic heterocycles. The second-order valence-corrected chi connectivity index (χ2v) is 4.15. The van der Waals surface area contributed by atoms with Crippen molar-refractivity contribution < 1.29 is 0 Å². The van der Waals surface area contributed by atoms with E-state index >= 15 is 0 Å². The van der Waals surface area contributed by atoms with Crippen molar-refractivity contribution in [2.75, 3.05) is 0 Å². The first-order valence-electron chi connectivity index (χ1n) is 4.75. The molecule has 3 N–H and O–H groups in total. The van der Waals surface area contributed by atoms with Gasteiger partial charge in [-0.25, -0.2) is 0 Å². The Hall–Kier alpha value is -0.340. The quantitative estimate of drug-likeness (QED) is 0.373. The highest BCUT2D eigenvalue weighted by atomic mass is 15.2. The van der Waals surface area contributed by atoms with Crippen molar-refractivity contribution in [3.05, 3.63) is 12.2 Å². The summed E-state index contributed by atoms with van der Waals surface area (Å²) < 4.78 is 0. The van der Waals surface area contributed by atoms with E-state index in [1.54, 1.807) is 0 Å². The zero-order valence-electron chi connectivity index (χ0n) is 8.14. The number of hydrogen-bond donors (Lipinski definition) is 2. The molecule has 70 valence electrons. The van der Waals surface area contributed by atoms with Crippen LogP contribution in [-0.2, 0) is 0 Å². The van der Waals surface area contributed by atoms with Gasteiger partial charge < -0.3 is 0 Å². The number of hydrogen-bond acceptors (Lipinski definition) is 2. The maximum absolute atomic E-state index is 5.48. The van der Waals surface area contributed by atoms with Gasteiger partial charge in [-0.05, 0) is 38.0 Å². The standard InChI is InChI=1S/C10H20N2/c1-7(2)4-5-10(12-11)9-6-8(9)3/h8-10,12H,1,4-6,11H2,2-3H3. The molecule has 0 spiro atoms. The van der Waals surface area contributed by atoms with Crippen molar-refractivity contribution in [1.82, 2.24) is 5.43 Å². The average molecular weight is 168 g/mol. The first-order chi connectivity index (χ1) is 5.65. The Balaban J connectivity index is 2.22. The summed E-state index contributed by atoms with van der Waals surface area (Å²) in [5.41, 5.74) is 4.16. The van der Waals surface area contributed by atoms with Gasteiger partial charge in [-0.2, -0.15) is 0 Å². The van der Waals surface area contributed by atoms with Gasteiger partial charge in [0.1, 0.15) is 0 Å². The lowest BCUT2D eigenvalue weighted by Crippen LogP contribution is -2.37. The van der Waals surface area contributed by atoms with Crippen molar-refractivity contribution in [2.24, 2.45) is 17.7 Å². The molecule has 0 heterocycles. The topological polar surface area (TPSA) is 38.0 Å². The van der Waals surface area contributed by atoms with Crippen molar-refractivity contribution in [2.45, 2.75) is 39.2 Å². The normalized spacial score (nSPS) is 29.9. The molecular formula is C10H20N2. The molecule has 1 saturated carbocycles. The molecule has 2 heteroatoms. The van der Waals surface area contributed by atoms with Crippen LogP contribution in [0.3, 0.4) is 0 Å². The lowest BCUT2D eigenvalue weighted by Gasteiger charge is -2.14. The van der Waals surface area contributed by atoms with Gasteiger partial charge in [0.2, 0.25) is 0 Å². The SMILES string of the molecule is C=C(C)CCC(NN)C1CC1C. The van der Waals surface area contributed by atoms with Gasteiger partial charge >= 0.3 is 0 Å². The lowest BCUT2D eigenvalue weighted by molar-refractivity contribution is 0.429. The molecule has 1 fully saturated rings. The van der Waals surface area contributed by atoms with Gasteiger partial charge in [0, 0.05) is 6.04 Å². The minimum Gasteiger partial charge on any atom is -0.271 e. The van der Waals surface area contributed by atoms with E-state index in [2.05, 4.69) is 25.9 Å². The van der Waals surface area contributed by atoms with Crippen LogP contribution in [0.1, 0.15) is 33.1 Å². The lowest BCUT2D eigenvalue weighted by atomic mass is 10.0. The Morgan fingerprint density at radius 3 is 2.67 bits per heavy atom. The predicted octanol–water partition coefficient (Wildman–Crippen LogP) is 1.83. The van der Waals surface area contributed by atoms with E-state index in [0.717, 1.165) is 24.7 Å². The summed E-state index contributed by atoms with van der Waals surface area (Å²) in [7, 11) is 0. The van der Waals surface area contributed by atoms with Gasteiger partial charge in [-0.1, -0.05) is 12.5 Å². The first kappa shape index (κ1) is 9.75. The highest BCUT2D eigenvalue weighted by Crippen LogP contribution is 2.41. The molecule has 0 aliphatic heterocycles. The molecule has 0 bridgehead atoms. The average Bonchev–Trinajstić information content (AvgIpc) is 2.68. The molecule has 0 amide bonds. The Bertz CT molecular complexity index is 165. The highest BCUT2D eigenvalue weighted by Gasteiger charge is 2.38. The van der Waals surface area contributed by atoms with E-state index in [-0.39, 0.29) is 0 Å². The zero-order valence-corrected chi connectivity index (χ0v) is 8.14. The monoisotopic (exact) mass is 168 g/mol. The Morgan fingerprint density at radius 1 is 1.75 bits per heavy atom. The summed E-state index contributed by atoms with van der Waals surface area (Å²) in [6, 6.07) is 0.511. The Kier molecular flexibility index (Phi) is 3.29. The van der Waals surface area contributed by atoms with Crippen LogP contribution in [0.25, 0.3) is 0 Å². The largest absolute Gasteiger partial charge is 0.271 e. The van der Waals surface area contributed by atoms with Gasteiger partial charge in [0.15, 0.2) is 0 Å². The van der Waals surface area contributed by atoms with Crippen molar-refractivity contribution in [3.8, 4) is 0 Å². The van der Waals surface area contributed by atoms with E-state index in [1.807, 2.05) is 0 Å². The Morgan fingerprint density at radius 2 is 2.33 bits per heavy atom. The molecule has 12 heavy (non-hydrogen) atoms. The van der Waals surface area contributed by atoms with Crippen molar-refractivity contribution in [3.63, 3.8) is 0 Å². The van der Waals surface area contributed by atoms with E-state index in [4.69, 9.17) is 5.84 Å². The maximum atomic E-state index is 5.48. The highest BCUT2D eigenvalue weighted by molar-refractivity contribution is 4.95. The molecule has 3 unspecified atom stereocenters. The number of rotatable bonds is 5. The third-order valence-electron chi connectivity index (χ3n) is 2.78. The molecule has 0 aromatic carbocycles. The molecule has 3 atom stereocenters. The number of hydrazine groups is 1. The predicted molar refractivity (Wildman–Crippen MR) is 52.4 cm³/mol. The fourth-order valence-electron chi connectivity index (χ4n) is 1.73. The first-order valence-corrected chi connectivity index (χ1v) is 4.75. The molecule has 0 saturated heterocycles. The van der Waals surface area contributed by atoms with Gasteiger partial charge in [-0.3, -0.25) is 11.3 Å². The molecule has 0 aromatic rings. The smallest absolute Gasteiger partial charge is 0.0244 e. The number of nitrogens with one attached hydrogen (secondary N) is 1. The summed E-state index contributed by atoms with van der Waals surface area (Å²) in [5.74, 6) is 7.17. The van der Waals surface area contributed by atoms with E-state index in [9.17, 15) is 0 Å². The second kappa shape index (κ2) is 4.06. The molecule has 0 radical (unpaired) electrons. The summed E-state index contributed by atoms with van der Waals surface area (Å²) in [6.45, 7) is 8.25. The van der Waals surface area contributed by atoms with E-state index < -0.39 is 0 Å². The van der Waals surface area contributed by atoms with Crippen LogP contribution in [0.2, 0.25) is 0 Å². The van der Waals surface area contributed by atoms with Crippen LogP contribution in [0, 0.1) is 11.8 Å². The van der Waals surface area contributed by atoms with Crippen LogP contribution < -0.4 is 11.3 Å². The third-order valence-corrected chi connectivity index (χ3v) is 2.78. The summed E-state index contributed by atoms with van der Waals surface area (Å²) in [5, 5.41) is 0. The van der Waals surface area contributed by atoms with E-state index in [1.165, 1.54) is 12.0 Å². The molecule has 2 nitrogen and oxygen atoms in total. The fourth-order valence-corrected chi connectivity index (χ4v) is 1.73.